The first kappa shape index (κ1) is 23.3. The van der Waals surface area contributed by atoms with Gasteiger partial charge in [-0.25, -0.2) is 0 Å². The third kappa shape index (κ3) is 3.31. The van der Waals surface area contributed by atoms with Crippen LogP contribution in [0.25, 0.3) is 0 Å². The van der Waals surface area contributed by atoms with Crippen LogP contribution in [0.2, 0.25) is 0 Å². The lowest BCUT2D eigenvalue weighted by molar-refractivity contribution is 0.439. The van der Waals surface area contributed by atoms with E-state index in [1.165, 1.54) is 9.80 Å². The molecule has 2 aliphatic heterocycles. The smallest absolute Gasteiger partial charge is 0.322 e. The van der Waals surface area contributed by atoms with Gasteiger partial charge in [-0.3, -0.25) is 9.11 Å². The highest BCUT2D eigenvalue weighted by atomic mass is 32.3. The van der Waals surface area contributed by atoms with E-state index in [-0.39, 0.29) is 13.1 Å². The zero-order chi connectivity index (χ0) is 23.4. The van der Waals surface area contributed by atoms with Crippen molar-refractivity contribution < 1.29 is 25.9 Å². The fraction of sp³-hybridized carbons (Fsp3) is 0.333. The molecule has 14 heteroatoms. The summed E-state index contributed by atoms with van der Waals surface area (Å²) in [5.41, 5.74) is 1.01. The molecule has 0 fully saturated rings. The summed E-state index contributed by atoms with van der Waals surface area (Å²) in [6.45, 7) is 3.61. The average Bonchev–Trinajstić information content (AvgIpc) is 3.24. The summed E-state index contributed by atoms with van der Waals surface area (Å²) in [5, 5.41) is 7.94. The van der Waals surface area contributed by atoms with Gasteiger partial charge >= 0.3 is 28.9 Å². The molecule has 2 atom stereocenters. The van der Waals surface area contributed by atoms with E-state index in [9.17, 15) is 25.9 Å². The van der Waals surface area contributed by atoms with Crippen LogP contribution >= 0.6 is 23.5 Å². The minimum atomic E-state index is -4.92. The summed E-state index contributed by atoms with van der Waals surface area (Å²) < 4.78 is 66.3. The number of nitrogens with zero attached hydrogens (tertiary/aromatic N) is 4. The average molecular weight is 517 g/mol. The second-order valence-corrected chi connectivity index (χ2v) is 12.9. The van der Waals surface area contributed by atoms with Crippen molar-refractivity contribution in [1.29, 1.82) is 0 Å². The molecule has 4 rings (SSSR count). The lowest BCUT2D eigenvalue weighted by Gasteiger charge is -2.34. The Morgan fingerprint density at radius 1 is 0.750 bits per heavy atom. The highest BCUT2D eigenvalue weighted by Crippen LogP contribution is 2.57. The molecule has 2 aliphatic rings. The predicted molar refractivity (Wildman–Crippen MR) is 124 cm³/mol. The maximum Gasteiger partial charge on any atom is 0.331 e. The number of hydrogen-bond acceptors (Lipinski definition) is 10. The van der Waals surface area contributed by atoms with Crippen LogP contribution in [0.3, 0.4) is 0 Å². The molecule has 2 N–H and O–H groups in total. The minimum Gasteiger partial charge on any atom is -0.322 e. The summed E-state index contributed by atoms with van der Waals surface area (Å²) in [6.07, 6.45) is 0. The molecule has 2 aromatic rings. The van der Waals surface area contributed by atoms with Gasteiger partial charge in [-0.05, 0) is 38.1 Å². The monoisotopic (exact) mass is 516 g/mol. The van der Waals surface area contributed by atoms with E-state index in [0.717, 1.165) is 23.5 Å². The Kier molecular flexibility index (Phi) is 5.75. The van der Waals surface area contributed by atoms with Crippen molar-refractivity contribution in [1.82, 2.24) is 0 Å². The molecule has 172 valence electrons. The van der Waals surface area contributed by atoms with Gasteiger partial charge in [0.15, 0.2) is 0 Å². The normalized spacial score (nSPS) is 25.4. The summed E-state index contributed by atoms with van der Waals surface area (Å²) in [5.74, 6) is 0. The van der Waals surface area contributed by atoms with Gasteiger partial charge in [0.25, 0.3) is 0 Å². The molecule has 0 saturated carbocycles. The number of fused-ring (bicyclic) bond motifs is 2. The van der Waals surface area contributed by atoms with Crippen LogP contribution in [0.5, 0.6) is 0 Å². The van der Waals surface area contributed by atoms with Gasteiger partial charge in [-0.15, -0.1) is 10.2 Å². The highest BCUT2D eigenvalue weighted by Gasteiger charge is 2.59. The molecule has 0 aromatic heterocycles. The molecule has 0 bridgehead atoms. The topological polar surface area (TPSA) is 140 Å². The summed E-state index contributed by atoms with van der Waals surface area (Å²) in [4.78, 5) is 3.71. The Morgan fingerprint density at radius 2 is 1.09 bits per heavy atom. The highest BCUT2D eigenvalue weighted by molar-refractivity contribution is 8.14. The minimum absolute atomic E-state index is 0.132. The van der Waals surface area contributed by atoms with Gasteiger partial charge in [0, 0.05) is 22.9 Å². The fourth-order valence-corrected chi connectivity index (χ4v) is 8.69. The standard InChI is InChI=1S/C18H20N4O6S4/c1-3-21-13-9-5-7-11-15(13)29-17(21,31(23,24)25)19-20-18(32(26,27)28)22(4-2)14-10-6-8-12-16(14)30-18/h5-12H,3-4H2,1-2H3,(H,23,24,25)(H,26,27,28)/b20-19+. The Morgan fingerprint density at radius 3 is 1.41 bits per heavy atom. The molecular weight excluding hydrogens is 496 g/mol. The predicted octanol–water partition coefficient (Wildman–Crippen LogP) is 3.70. The molecule has 2 heterocycles. The number of anilines is 2. The molecule has 0 aliphatic carbocycles. The van der Waals surface area contributed by atoms with Crippen LogP contribution in [-0.2, 0) is 20.2 Å². The number of rotatable bonds is 6. The summed E-state index contributed by atoms with van der Waals surface area (Å²) in [6, 6.07) is 13.5. The molecular formula is C18H20N4O6S4. The molecule has 0 saturated heterocycles. The quantitative estimate of drug-likeness (QED) is 0.431. The zero-order valence-corrected chi connectivity index (χ0v) is 20.2. The van der Waals surface area contributed by atoms with E-state index in [4.69, 9.17) is 0 Å². The van der Waals surface area contributed by atoms with E-state index >= 15 is 0 Å². The SMILES string of the molecule is CCN1c2ccccc2SC1(/N=N/C1(S(=O)(=O)O)Sc2ccccc2N1CC)S(=O)(=O)O. The molecule has 2 unspecified atom stereocenters. The van der Waals surface area contributed by atoms with Crippen LogP contribution in [0.1, 0.15) is 13.8 Å². The van der Waals surface area contributed by atoms with Crippen molar-refractivity contribution in [2.45, 2.75) is 32.3 Å². The van der Waals surface area contributed by atoms with E-state index in [2.05, 4.69) is 10.2 Å². The van der Waals surface area contributed by atoms with Crippen molar-refractivity contribution in [3.8, 4) is 0 Å². The van der Waals surface area contributed by atoms with Gasteiger partial charge in [-0.1, -0.05) is 47.8 Å². The molecule has 2 aromatic carbocycles. The van der Waals surface area contributed by atoms with Crippen molar-refractivity contribution in [3.05, 3.63) is 48.5 Å². The van der Waals surface area contributed by atoms with Crippen molar-refractivity contribution in [3.63, 3.8) is 0 Å². The second-order valence-electron chi connectivity index (χ2n) is 6.88. The van der Waals surface area contributed by atoms with E-state index in [1.807, 2.05) is 0 Å². The summed E-state index contributed by atoms with van der Waals surface area (Å²) in [7, 11) is -9.85. The van der Waals surface area contributed by atoms with Gasteiger partial charge in [0.1, 0.15) is 0 Å². The maximum absolute atomic E-state index is 12.6. The first-order valence-electron chi connectivity index (χ1n) is 9.50. The van der Waals surface area contributed by atoms with Gasteiger partial charge in [-0.2, -0.15) is 16.8 Å². The van der Waals surface area contributed by atoms with Gasteiger partial charge in [0.05, 0.1) is 11.4 Å². The number of thioether (sulfide) groups is 2. The zero-order valence-electron chi connectivity index (χ0n) is 17.0. The molecule has 10 nitrogen and oxygen atoms in total. The van der Waals surface area contributed by atoms with Crippen molar-refractivity contribution >= 4 is 55.1 Å². The first-order valence-corrected chi connectivity index (χ1v) is 14.0. The van der Waals surface area contributed by atoms with Crippen LogP contribution in [0.15, 0.2) is 68.6 Å². The van der Waals surface area contributed by atoms with Crippen LogP contribution in [-0.4, -0.2) is 47.7 Å². The van der Waals surface area contributed by atoms with Crippen molar-refractivity contribution in [2.75, 3.05) is 22.9 Å². The van der Waals surface area contributed by atoms with Gasteiger partial charge < -0.3 is 9.80 Å². The maximum atomic E-state index is 12.6. The van der Waals surface area contributed by atoms with Crippen LogP contribution < -0.4 is 9.80 Å². The Labute approximate surface area is 194 Å². The molecule has 0 spiro atoms. The fourth-order valence-electron chi connectivity index (χ4n) is 3.74. The van der Waals surface area contributed by atoms with Crippen LogP contribution in [0, 0.1) is 0 Å². The third-order valence-electron chi connectivity index (χ3n) is 5.09. The third-order valence-corrected chi connectivity index (χ3v) is 11.1. The summed E-state index contributed by atoms with van der Waals surface area (Å²) >= 11 is 1.46. The van der Waals surface area contributed by atoms with E-state index in [0.29, 0.717) is 21.2 Å². The van der Waals surface area contributed by atoms with E-state index in [1.54, 1.807) is 62.4 Å². The van der Waals surface area contributed by atoms with Crippen LogP contribution in [0.4, 0.5) is 11.4 Å². The Bertz CT molecular complexity index is 1200. The lowest BCUT2D eigenvalue weighted by Crippen LogP contribution is -2.51. The number of azo groups is 1. The van der Waals surface area contributed by atoms with E-state index < -0.39 is 28.9 Å². The van der Waals surface area contributed by atoms with Gasteiger partial charge in [0.2, 0.25) is 0 Å². The Hall–Kier alpha value is -1.84. The first-order chi connectivity index (χ1) is 15.0. The van der Waals surface area contributed by atoms with Crippen molar-refractivity contribution in [2.24, 2.45) is 10.2 Å². The Balaban J connectivity index is 1.91. The number of hydrogen-bond donors (Lipinski definition) is 2. The second kappa shape index (κ2) is 7.88. The molecule has 0 amide bonds. The number of para-hydroxylation sites is 2. The molecule has 0 radical (unpaired) electrons. The molecule has 32 heavy (non-hydrogen) atoms. The largest absolute Gasteiger partial charge is 0.331 e. The lowest BCUT2D eigenvalue weighted by atomic mass is 10.3. The number of benzene rings is 2.